The molecule has 202 valence electrons. The number of pyridine rings is 1. The van der Waals surface area contributed by atoms with Crippen LogP contribution in [-0.4, -0.2) is 52.4 Å². The Bertz CT molecular complexity index is 1510. The van der Waals surface area contributed by atoms with Gasteiger partial charge in [0, 0.05) is 24.5 Å². The van der Waals surface area contributed by atoms with Crippen LogP contribution in [0.1, 0.15) is 47.7 Å². The normalized spacial score (nSPS) is 15.5. The second-order valence-electron chi connectivity index (χ2n) is 9.33. The van der Waals surface area contributed by atoms with Crippen LogP contribution in [0.4, 0.5) is 5.69 Å². The number of hydrogen-bond acceptors (Lipinski definition) is 8. The number of aromatic amines is 1. The van der Waals surface area contributed by atoms with E-state index in [1.807, 2.05) is 44.2 Å². The average molecular weight is 550 g/mol. The van der Waals surface area contributed by atoms with Gasteiger partial charge < -0.3 is 14.7 Å². The number of aromatic nitrogens is 5. The molecule has 3 heterocycles. The quantitative estimate of drug-likeness (QED) is 0.258. The number of benzene rings is 2. The van der Waals surface area contributed by atoms with Gasteiger partial charge in [0.05, 0.1) is 11.3 Å². The van der Waals surface area contributed by atoms with E-state index < -0.39 is 14.0 Å². The lowest BCUT2D eigenvalue weighted by atomic mass is 9.99. The van der Waals surface area contributed by atoms with Gasteiger partial charge >= 0.3 is 7.82 Å². The minimum Gasteiger partial charge on any atom is -0.311 e. The van der Waals surface area contributed by atoms with Crippen LogP contribution in [-0.2, 0) is 15.7 Å². The number of unbranched alkanes of at least 4 members (excludes halogenated alkanes) is 1. The van der Waals surface area contributed by atoms with Crippen molar-refractivity contribution in [2.24, 2.45) is 0 Å². The average Bonchev–Trinajstić information content (AvgIpc) is 3.46. The highest BCUT2D eigenvalue weighted by molar-refractivity contribution is 7.46. The van der Waals surface area contributed by atoms with E-state index in [4.69, 9.17) is 4.62 Å². The highest BCUT2D eigenvalue weighted by Gasteiger charge is 2.41. The fourth-order valence-corrected chi connectivity index (χ4v) is 5.15. The second kappa shape index (κ2) is 11.0. The highest BCUT2D eigenvalue weighted by Crippen LogP contribution is 2.44. The van der Waals surface area contributed by atoms with Crippen molar-refractivity contribution in [3.8, 4) is 22.5 Å². The van der Waals surface area contributed by atoms with Crippen molar-refractivity contribution in [3.63, 3.8) is 0 Å². The van der Waals surface area contributed by atoms with Crippen molar-refractivity contribution >= 4 is 19.4 Å². The summed E-state index contributed by atoms with van der Waals surface area (Å²) >= 11 is 0. The third-order valence-electron chi connectivity index (χ3n) is 6.55. The van der Waals surface area contributed by atoms with E-state index in [1.165, 1.54) is 5.06 Å². The molecule has 0 fully saturated rings. The smallest absolute Gasteiger partial charge is 0.311 e. The number of rotatable bonds is 9. The molecule has 0 saturated carbocycles. The number of aryl methyl sites for hydroxylation is 1. The lowest BCUT2D eigenvalue weighted by Crippen LogP contribution is -2.54. The molecule has 0 bridgehead atoms. The predicted octanol–water partition coefficient (Wildman–Crippen LogP) is 4.24. The van der Waals surface area contributed by atoms with Gasteiger partial charge in [-0.25, -0.2) is 9.63 Å². The molecule has 1 aliphatic heterocycles. The summed E-state index contributed by atoms with van der Waals surface area (Å²) in [5.74, 6) is 0.205. The first-order chi connectivity index (χ1) is 18.7. The summed E-state index contributed by atoms with van der Waals surface area (Å²) in [6.45, 7) is 4.09. The zero-order valence-electron chi connectivity index (χ0n) is 21.4. The van der Waals surface area contributed by atoms with Crippen LogP contribution in [0.25, 0.3) is 22.5 Å². The third kappa shape index (κ3) is 5.74. The molecule has 2 aromatic carbocycles. The Balaban J connectivity index is 1.49. The monoisotopic (exact) mass is 549 g/mol. The molecule has 2 aromatic heterocycles. The number of hydroxylamine groups is 1. The van der Waals surface area contributed by atoms with E-state index >= 15 is 0 Å². The van der Waals surface area contributed by atoms with Crippen LogP contribution < -0.4 is 5.06 Å². The van der Waals surface area contributed by atoms with Gasteiger partial charge in [-0.3, -0.25) is 9.78 Å². The van der Waals surface area contributed by atoms with Gasteiger partial charge in [-0.1, -0.05) is 49.2 Å². The van der Waals surface area contributed by atoms with Crippen molar-refractivity contribution in [2.75, 3.05) is 5.06 Å². The Kier molecular flexibility index (Phi) is 7.53. The fourth-order valence-electron chi connectivity index (χ4n) is 4.73. The molecule has 1 atom stereocenters. The molecule has 12 nitrogen and oxygen atoms in total. The summed E-state index contributed by atoms with van der Waals surface area (Å²) < 4.78 is 17.1. The van der Waals surface area contributed by atoms with Crippen molar-refractivity contribution in [1.29, 1.82) is 0 Å². The molecule has 13 heteroatoms. The number of carbonyl (C=O) groups excluding carboxylic acids is 1. The molecule has 0 spiro atoms. The van der Waals surface area contributed by atoms with E-state index in [-0.39, 0.29) is 12.5 Å². The van der Waals surface area contributed by atoms with Crippen LogP contribution in [0.5, 0.6) is 0 Å². The number of H-pyrrole nitrogens is 1. The van der Waals surface area contributed by atoms with Crippen LogP contribution in [0.15, 0.2) is 60.9 Å². The highest BCUT2D eigenvalue weighted by atomic mass is 31.2. The van der Waals surface area contributed by atoms with Crippen LogP contribution in [0, 0.1) is 6.92 Å². The number of amides is 1. The maximum absolute atomic E-state index is 13.7. The fraction of sp³-hybridized carbons (Fsp3) is 0.269. The Morgan fingerprint density at radius 3 is 2.56 bits per heavy atom. The molecular formula is C26H28N7O5P. The molecule has 1 amide bonds. The van der Waals surface area contributed by atoms with Crippen molar-refractivity contribution in [3.05, 3.63) is 77.6 Å². The number of carbonyl (C=O) groups is 1. The third-order valence-corrected chi connectivity index (χ3v) is 6.94. The molecule has 1 aliphatic rings. The Labute approximate surface area is 224 Å². The maximum Gasteiger partial charge on any atom is 0.491 e. The number of hydrogen-bond donors (Lipinski definition) is 3. The van der Waals surface area contributed by atoms with Gasteiger partial charge in [0.15, 0.2) is 0 Å². The molecule has 4 aromatic rings. The molecule has 1 unspecified atom stereocenters. The molecule has 3 N–H and O–H groups in total. The Morgan fingerprint density at radius 2 is 1.87 bits per heavy atom. The predicted molar refractivity (Wildman–Crippen MR) is 143 cm³/mol. The van der Waals surface area contributed by atoms with Gasteiger partial charge in [-0.05, 0) is 59.9 Å². The Morgan fingerprint density at radius 1 is 1.08 bits per heavy atom. The minimum atomic E-state index is -4.90. The van der Waals surface area contributed by atoms with Crippen LogP contribution in [0.3, 0.4) is 0 Å². The number of tetrazole rings is 1. The van der Waals surface area contributed by atoms with Gasteiger partial charge in [-0.2, -0.15) is 9.84 Å². The number of phosphoric acid groups is 1. The molecule has 39 heavy (non-hydrogen) atoms. The zero-order valence-corrected chi connectivity index (χ0v) is 22.3. The molecule has 0 saturated heterocycles. The Hall–Kier alpha value is -3.96. The lowest BCUT2D eigenvalue weighted by molar-refractivity contribution is 0.0405. The van der Waals surface area contributed by atoms with Gasteiger partial charge in [-0.15, -0.1) is 10.2 Å². The zero-order chi connectivity index (χ0) is 27.6. The van der Waals surface area contributed by atoms with E-state index in [0.29, 0.717) is 23.5 Å². The van der Waals surface area contributed by atoms with E-state index in [1.54, 1.807) is 35.5 Å². The summed E-state index contributed by atoms with van der Waals surface area (Å²) in [6.07, 6.45) is 4.70. The summed E-state index contributed by atoms with van der Waals surface area (Å²) in [7, 11) is -4.90. The van der Waals surface area contributed by atoms with Crippen molar-refractivity contribution in [1.82, 2.24) is 30.5 Å². The van der Waals surface area contributed by atoms with E-state index in [2.05, 4.69) is 25.6 Å². The number of nitrogens with one attached hydrogen (secondary N) is 1. The number of anilines is 1. The summed E-state index contributed by atoms with van der Waals surface area (Å²) in [6, 6.07) is 14.7. The molecule has 5 rings (SSSR count). The minimum absolute atomic E-state index is 0.218. The SMILES string of the molecule is CCCCC1N(Cc2ccc(-c3ccncc3-c3nn[nH]n3)cc2)C(=O)c2cc(C)ccc2N1OP(=O)(O)O. The summed E-state index contributed by atoms with van der Waals surface area (Å²) in [5, 5.41) is 15.4. The maximum atomic E-state index is 13.7. The van der Waals surface area contributed by atoms with Gasteiger partial charge in [0.25, 0.3) is 5.91 Å². The number of nitrogens with zero attached hydrogens (tertiary/aromatic N) is 6. The number of fused-ring (bicyclic) bond motifs is 1. The van der Waals surface area contributed by atoms with E-state index in [0.717, 1.165) is 40.7 Å². The van der Waals surface area contributed by atoms with Crippen LogP contribution in [0.2, 0.25) is 0 Å². The van der Waals surface area contributed by atoms with Gasteiger partial charge in [0.1, 0.15) is 6.17 Å². The first kappa shape index (κ1) is 26.6. The first-order valence-electron chi connectivity index (χ1n) is 12.5. The van der Waals surface area contributed by atoms with Crippen molar-refractivity contribution < 1.29 is 23.8 Å². The largest absolute Gasteiger partial charge is 0.491 e. The lowest BCUT2D eigenvalue weighted by Gasteiger charge is -2.44. The first-order valence-corrected chi connectivity index (χ1v) is 14.0. The molecular weight excluding hydrogens is 521 g/mol. The second-order valence-corrected chi connectivity index (χ2v) is 10.5. The van der Waals surface area contributed by atoms with Crippen LogP contribution >= 0.6 is 7.82 Å². The molecule has 0 aliphatic carbocycles. The standard InChI is InChI=1S/C26H28N7O5P/c1-3-4-5-24-32(26(34)21-14-17(2)6-11-23(21)33(24)38-39(35,36)37)16-18-7-9-19(10-8-18)20-12-13-27-15-22(20)25-28-30-31-29-25/h6-15,24H,3-5,16H2,1-2H3,(H2,35,36,37)(H,28,29,30,31). The molecule has 0 radical (unpaired) electrons. The van der Waals surface area contributed by atoms with Crippen molar-refractivity contribution in [2.45, 2.75) is 45.8 Å². The summed E-state index contributed by atoms with van der Waals surface area (Å²) in [4.78, 5) is 38.9. The topological polar surface area (TPSA) is 158 Å². The summed E-state index contributed by atoms with van der Waals surface area (Å²) in [5.41, 5.74) is 4.87. The van der Waals surface area contributed by atoms with E-state index in [9.17, 15) is 19.1 Å². The van der Waals surface area contributed by atoms with Gasteiger partial charge in [0.2, 0.25) is 5.82 Å².